The molecule has 0 bridgehead atoms. The zero-order chi connectivity index (χ0) is 34.2. The number of ether oxygens (including phenoxy) is 4. The van der Waals surface area contributed by atoms with Gasteiger partial charge in [0.15, 0.2) is 11.5 Å². The molecule has 4 aliphatic rings. The molecule has 3 aliphatic carbocycles. The van der Waals surface area contributed by atoms with Gasteiger partial charge < -0.3 is 29.4 Å². The number of benzene rings is 2. The predicted octanol–water partition coefficient (Wildman–Crippen LogP) is 8.38. The van der Waals surface area contributed by atoms with Crippen molar-refractivity contribution in [3.8, 4) is 17.2 Å². The van der Waals surface area contributed by atoms with E-state index in [0.29, 0.717) is 55.4 Å². The van der Waals surface area contributed by atoms with Crippen molar-refractivity contribution < 1.29 is 28.8 Å². The van der Waals surface area contributed by atoms with Crippen LogP contribution in [0, 0.1) is 11.8 Å². The highest BCUT2D eigenvalue weighted by molar-refractivity contribution is 6.30. The Morgan fingerprint density at radius 2 is 1.98 bits per heavy atom. The molecule has 8 nitrogen and oxygen atoms in total. The van der Waals surface area contributed by atoms with Crippen molar-refractivity contribution in [2.75, 3.05) is 32.2 Å². The van der Waals surface area contributed by atoms with Crippen molar-refractivity contribution in [2.24, 2.45) is 11.8 Å². The Balaban J connectivity index is 1.16. The summed E-state index contributed by atoms with van der Waals surface area (Å²) in [5.74, 6) is 2.78. The van der Waals surface area contributed by atoms with Gasteiger partial charge in [0.25, 0.3) is 0 Å². The minimum absolute atomic E-state index is 0.0795. The lowest BCUT2D eigenvalue weighted by molar-refractivity contribution is -0.144. The molecule has 0 saturated heterocycles. The zero-order valence-corrected chi connectivity index (χ0v) is 29.7. The Hall–Kier alpha value is -3.49. The van der Waals surface area contributed by atoms with E-state index < -0.39 is 11.5 Å². The van der Waals surface area contributed by atoms with E-state index in [1.165, 1.54) is 35.2 Å². The number of hydrogen-bond acceptors (Lipinski definition) is 7. The molecule has 2 heterocycles. The number of nitrogens with one attached hydrogen (secondary N) is 1. The summed E-state index contributed by atoms with van der Waals surface area (Å²) < 4.78 is 24.7. The van der Waals surface area contributed by atoms with Crippen LogP contribution in [0.15, 0.2) is 48.7 Å². The van der Waals surface area contributed by atoms with Crippen LogP contribution in [0.5, 0.6) is 17.2 Å². The van der Waals surface area contributed by atoms with Gasteiger partial charge in [0.05, 0.1) is 19.8 Å². The summed E-state index contributed by atoms with van der Waals surface area (Å²) in [7, 11) is 1.70. The van der Waals surface area contributed by atoms with E-state index in [2.05, 4.69) is 36.3 Å². The van der Waals surface area contributed by atoms with Crippen LogP contribution in [0.1, 0.15) is 93.5 Å². The molecule has 49 heavy (non-hydrogen) atoms. The van der Waals surface area contributed by atoms with Crippen LogP contribution in [0.4, 0.5) is 5.69 Å². The first-order chi connectivity index (χ1) is 23.7. The Morgan fingerprint density at radius 3 is 2.76 bits per heavy atom. The maximum Gasteiger partial charge on any atom is 0.329 e. The number of aliphatic carboxylic acids is 1. The number of hydrogen-bond donors (Lipinski definition) is 2. The van der Waals surface area contributed by atoms with Gasteiger partial charge in [0, 0.05) is 41.7 Å². The van der Waals surface area contributed by atoms with Gasteiger partial charge in [-0.2, -0.15) is 0 Å². The molecule has 9 heteroatoms. The second kappa shape index (κ2) is 14.0. The molecule has 262 valence electrons. The van der Waals surface area contributed by atoms with Gasteiger partial charge in [-0.05, 0) is 128 Å². The lowest BCUT2D eigenvalue weighted by Crippen LogP contribution is -2.53. The lowest BCUT2D eigenvalue weighted by atomic mass is 9.59. The van der Waals surface area contributed by atoms with Crippen LogP contribution in [0.3, 0.4) is 0 Å². The van der Waals surface area contributed by atoms with Crippen molar-refractivity contribution in [1.29, 1.82) is 0 Å². The molecule has 0 unspecified atom stereocenters. The average molecular weight is 689 g/mol. The van der Waals surface area contributed by atoms with Crippen molar-refractivity contribution in [1.82, 2.24) is 4.98 Å². The summed E-state index contributed by atoms with van der Waals surface area (Å²) in [5, 5.41) is 14.6. The molecule has 2 N–H and O–H groups in total. The van der Waals surface area contributed by atoms with Crippen LogP contribution in [0.25, 0.3) is 0 Å². The molecule has 1 aromatic heterocycles. The molecule has 2 aromatic carbocycles. The number of carbonyl (C=O) groups is 1. The average Bonchev–Trinajstić information content (AvgIpc) is 3.20. The smallest absolute Gasteiger partial charge is 0.329 e. The molecule has 1 fully saturated rings. The molecule has 1 aliphatic heterocycles. The summed E-state index contributed by atoms with van der Waals surface area (Å²) in [6.07, 6.45) is 10.3. The molecule has 3 aromatic rings. The molecule has 0 radical (unpaired) electrons. The summed E-state index contributed by atoms with van der Waals surface area (Å²) in [4.78, 5) is 17.6. The number of anilines is 1. The highest BCUT2D eigenvalue weighted by Crippen LogP contribution is 2.58. The number of aromatic nitrogens is 1. The number of methoxy groups -OCH3 is 1. The maximum absolute atomic E-state index is 13.0. The first-order valence-corrected chi connectivity index (χ1v) is 18.4. The van der Waals surface area contributed by atoms with E-state index in [4.69, 9.17) is 30.5 Å². The van der Waals surface area contributed by atoms with E-state index in [9.17, 15) is 9.90 Å². The van der Waals surface area contributed by atoms with Gasteiger partial charge in [-0.15, -0.1) is 0 Å². The summed E-state index contributed by atoms with van der Waals surface area (Å²) in [6, 6.07) is 13.8. The second-order valence-corrected chi connectivity index (χ2v) is 15.4. The Morgan fingerprint density at radius 1 is 1.14 bits per heavy atom. The second-order valence-electron chi connectivity index (χ2n) is 15.0. The van der Waals surface area contributed by atoms with Crippen LogP contribution >= 0.6 is 11.6 Å². The van der Waals surface area contributed by atoms with Gasteiger partial charge in [-0.25, -0.2) is 4.79 Å². The third-order valence-electron chi connectivity index (χ3n) is 11.7. The topological polar surface area (TPSA) is 99.1 Å². The first-order valence-electron chi connectivity index (χ1n) is 18.0. The fourth-order valence-electron chi connectivity index (χ4n) is 9.16. The lowest BCUT2D eigenvalue weighted by Gasteiger charge is -2.47. The molecule has 0 amide bonds. The van der Waals surface area contributed by atoms with Crippen LogP contribution < -0.4 is 19.5 Å². The van der Waals surface area contributed by atoms with E-state index in [0.717, 1.165) is 61.5 Å². The van der Waals surface area contributed by atoms with Crippen LogP contribution in [-0.2, 0) is 27.8 Å². The monoisotopic (exact) mass is 688 g/mol. The van der Waals surface area contributed by atoms with Gasteiger partial charge in [0.1, 0.15) is 17.4 Å². The standard InChI is InChI=1S/C40H49ClN2O6/c1-25(23-48-34-10-16-42-33-9-4-6-26(2)37(33)34)18-28-19-27-20-35-36(49-31(24-46-3)11-17-47-35)22-32(27)39(28)12-14-40(15-13-39,38(44)45)43-30-8-5-7-29(41)21-30/h5,7-8,10,16,20-22,25-26,28,31,43H,4,6,9,11-15,17-19,23-24H2,1-3H3,(H,44,45)/t25-,26-,28+,31+,39?,40?/m1/s1. The SMILES string of the molecule is COC[C@@H]1CCOc2cc3c(cc2O1)C1(CCC(Nc2cccc(Cl)c2)(C(=O)O)CC1)[C@@H](C[C@@H](C)COc1ccnc2c1[C@H](C)CCC2)C3. The molecular formula is C40H49ClN2O6. The Labute approximate surface area is 294 Å². The fourth-order valence-corrected chi connectivity index (χ4v) is 9.35. The molecule has 7 rings (SSSR count). The maximum atomic E-state index is 13.0. The molecular weight excluding hydrogens is 640 g/mol. The van der Waals surface area contributed by atoms with Crippen molar-refractivity contribution in [3.63, 3.8) is 0 Å². The van der Waals surface area contributed by atoms with Gasteiger partial charge in [0.2, 0.25) is 0 Å². The number of nitrogens with zero attached hydrogens (tertiary/aromatic N) is 1. The highest BCUT2D eigenvalue weighted by Gasteiger charge is 2.54. The van der Waals surface area contributed by atoms with E-state index in [1.807, 2.05) is 24.4 Å². The third kappa shape index (κ3) is 6.71. The van der Waals surface area contributed by atoms with Crippen molar-refractivity contribution in [2.45, 2.75) is 101 Å². The van der Waals surface area contributed by atoms with E-state index in [1.54, 1.807) is 19.2 Å². The third-order valence-corrected chi connectivity index (χ3v) is 11.9. The fraction of sp³-hybridized carbons (Fsp3) is 0.550. The molecule has 4 atom stereocenters. The zero-order valence-electron chi connectivity index (χ0n) is 28.9. The quantitative estimate of drug-likeness (QED) is 0.219. The normalized spacial score (nSPS) is 27.9. The van der Waals surface area contributed by atoms with E-state index in [-0.39, 0.29) is 11.5 Å². The summed E-state index contributed by atoms with van der Waals surface area (Å²) in [5.41, 5.74) is 4.49. The number of aryl methyl sites for hydroxylation is 1. The number of carboxylic acids is 1. The number of fused-ring (bicyclic) bond motifs is 4. The Kier molecular flexibility index (Phi) is 9.73. The van der Waals surface area contributed by atoms with E-state index >= 15 is 0 Å². The summed E-state index contributed by atoms with van der Waals surface area (Å²) in [6.45, 7) is 6.28. The van der Waals surface area contributed by atoms with Gasteiger partial charge >= 0.3 is 5.97 Å². The van der Waals surface area contributed by atoms with Gasteiger partial charge in [-0.1, -0.05) is 31.5 Å². The van der Waals surface area contributed by atoms with Crippen molar-refractivity contribution in [3.05, 3.63) is 76.1 Å². The number of pyridine rings is 1. The highest BCUT2D eigenvalue weighted by atomic mass is 35.5. The van der Waals surface area contributed by atoms with Crippen LogP contribution in [0.2, 0.25) is 5.02 Å². The number of rotatable bonds is 10. The minimum atomic E-state index is -1.08. The molecule has 1 saturated carbocycles. The first kappa shape index (κ1) is 34.0. The Bertz CT molecular complexity index is 1670. The molecule has 1 spiro atoms. The largest absolute Gasteiger partial charge is 0.493 e. The number of carboxylic acid groups (broad SMARTS) is 1. The summed E-state index contributed by atoms with van der Waals surface area (Å²) >= 11 is 6.29. The predicted molar refractivity (Wildman–Crippen MR) is 190 cm³/mol. The van der Waals surface area contributed by atoms with Gasteiger partial charge in [-0.3, -0.25) is 4.98 Å². The van der Waals surface area contributed by atoms with Crippen LogP contribution in [-0.4, -0.2) is 54.6 Å². The van der Waals surface area contributed by atoms with Crippen molar-refractivity contribution >= 4 is 23.3 Å². The minimum Gasteiger partial charge on any atom is -0.493 e. The number of halogens is 1.